The Bertz CT molecular complexity index is 701. The van der Waals surface area contributed by atoms with Gasteiger partial charge in [0.2, 0.25) is 5.89 Å². The number of oxazole rings is 1. The van der Waals surface area contributed by atoms with E-state index >= 15 is 0 Å². The first kappa shape index (κ1) is 12.2. The van der Waals surface area contributed by atoms with Crippen molar-refractivity contribution in [2.24, 2.45) is 0 Å². The van der Waals surface area contributed by atoms with Crippen LogP contribution in [0.3, 0.4) is 0 Å². The Morgan fingerprint density at radius 1 is 1.11 bits per heavy atom. The van der Waals surface area contributed by atoms with E-state index in [9.17, 15) is 0 Å². The van der Waals surface area contributed by atoms with Crippen LogP contribution in [-0.2, 0) is 0 Å². The molecule has 0 spiro atoms. The smallest absolute Gasteiger partial charge is 0.227 e. The van der Waals surface area contributed by atoms with Gasteiger partial charge in [0.15, 0.2) is 5.58 Å². The van der Waals surface area contributed by atoms with Crippen LogP contribution in [0, 0.1) is 0 Å². The maximum absolute atomic E-state index is 5.76. The Kier molecular flexibility index (Phi) is 3.03. The highest BCUT2D eigenvalue weighted by molar-refractivity contribution is 9.10. The number of benzene rings is 2. The number of aromatic nitrogens is 1. The fourth-order valence-electron chi connectivity index (χ4n) is 2.00. The van der Waals surface area contributed by atoms with E-state index < -0.39 is 0 Å². The lowest BCUT2D eigenvalue weighted by Crippen LogP contribution is -2.09. The van der Waals surface area contributed by atoms with Gasteiger partial charge in [0.05, 0.1) is 5.69 Å². The molecule has 0 aliphatic heterocycles. The maximum Gasteiger partial charge on any atom is 0.227 e. The van der Waals surface area contributed by atoms with Crippen LogP contribution in [0.15, 0.2) is 51.4 Å². The van der Waals surface area contributed by atoms with E-state index in [1.807, 2.05) is 56.6 Å². The molecular weight excluding hydrogens is 304 g/mol. The lowest BCUT2D eigenvalue weighted by atomic mass is 10.2. The predicted molar refractivity (Wildman–Crippen MR) is 81.5 cm³/mol. The van der Waals surface area contributed by atoms with Gasteiger partial charge in [-0.3, -0.25) is 0 Å². The number of anilines is 1. The van der Waals surface area contributed by atoms with Gasteiger partial charge in [0.1, 0.15) is 5.52 Å². The summed E-state index contributed by atoms with van der Waals surface area (Å²) in [6.45, 7) is 0. The van der Waals surface area contributed by atoms with Crippen molar-refractivity contribution < 1.29 is 4.42 Å². The van der Waals surface area contributed by atoms with Crippen LogP contribution in [0.5, 0.6) is 0 Å². The molecule has 0 fully saturated rings. The molecule has 0 unspecified atom stereocenters. The van der Waals surface area contributed by atoms with Crippen LogP contribution in [-0.4, -0.2) is 19.1 Å². The van der Waals surface area contributed by atoms with Gasteiger partial charge in [-0.25, -0.2) is 4.98 Å². The number of fused-ring (bicyclic) bond motifs is 1. The Morgan fingerprint density at radius 3 is 2.58 bits per heavy atom. The minimum atomic E-state index is 0.646. The standard InChI is InChI=1S/C15H13BrN2O/c1-18(2)13-8-7-10(9-11(13)16)15-17-12-5-3-4-6-14(12)19-15/h3-9H,1-2H3. The minimum absolute atomic E-state index is 0.646. The molecule has 19 heavy (non-hydrogen) atoms. The van der Waals surface area contributed by atoms with Crippen molar-refractivity contribution in [3.63, 3.8) is 0 Å². The summed E-state index contributed by atoms with van der Waals surface area (Å²) in [6, 6.07) is 13.9. The lowest BCUT2D eigenvalue weighted by molar-refractivity contribution is 0.620. The molecule has 0 N–H and O–H groups in total. The molecule has 1 aromatic heterocycles. The molecule has 0 atom stereocenters. The highest BCUT2D eigenvalue weighted by Crippen LogP contribution is 2.31. The molecule has 1 heterocycles. The van der Waals surface area contributed by atoms with E-state index in [1.54, 1.807) is 0 Å². The fraction of sp³-hybridized carbons (Fsp3) is 0.133. The van der Waals surface area contributed by atoms with Gasteiger partial charge in [-0.1, -0.05) is 12.1 Å². The van der Waals surface area contributed by atoms with Crippen LogP contribution in [0.1, 0.15) is 0 Å². The number of nitrogens with zero attached hydrogens (tertiary/aromatic N) is 2. The minimum Gasteiger partial charge on any atom is -0.436 e. The first-order chi connectivity index (χ1) is 9.15. The predicted octanol–water partition coefficient (Wildman–Crippen LogP) is 4.32. The third kappa shape index (κ3) is 2.24. The lowest BCUT2D eigenvalue weighted by Gasteiger charge is -2.14. The van der Waals surface area contributed by atoms with Crippen molar-refractivity contribution in [3.8, 4) is 11.5 Å². The van der Waals surface area contributed by atoms with Gasteiger partial charge in [-0.15, -0.1) is 0 Å². The molecule has 3 aromatic rings. The second-order valence-electron chi connectivity index (χ2n) is 4.55. The third-order valence-corrected chi connectivity index (χ3v) is 3.61. The molecule has 0 saturated heterocycles. The first-order valence-corrected chi connectivity index (χ1v) is 6.77. The molecule has 96 valence electrons. The summed E-state index contributed by atoms with van der Waals surface area (Å²) in [6.07, 6.45) is 0. The van der Waals surface area contributed by atoms with E-state index in [0.29, 0.717) is 5.89 Å². The van der Waals surface area contributed by atoms with Gasteiger partial charge >= 0.3 is 0 Å². The molecule has 0 amide bonds. The third-order valence-electron chi connectivity index (χ3n) is 2.97. The van der Waals surface area contributed by atoms with Gasteiger partial charge in [-0.2, -0.15) is 0 Å². The van der Waals surface area contributed by atoms with Crippen molar-refractivity contribution in [1.82, 2.24) is 4.98 Å². The van der Waals surface area contributed by atoms with E-state index in [4.69, 9.17) is 4.42 Å². The Balaban J connectivity index is 2.09. The summed E-state index contributed by atoms with van der Waals surface area (Å²) in [5.74, 6) is 0.646. The molecule has 0 aliphatic rings. The summed E-state index contributed by atoms with van der Waals surface area (Å²) >= 11 is 3.58. The van der Waals surface area contributed by atoms with Crippen LogP contribution < -0.4 is 4.90 Å². The van der Waals surface area contributed by atoms with Gasteiger partial charge in [0, 0.05) is 24.1 Å². The molecular formula is C15H13BrN2O. The molecule has 2 aromatic carbocycles. The zero-order valence-corrected chi connectivity index (χ0v) is 12.3. The quantitative estimate of drug-likeness (QED) is 0.705. The van der Waals surface area contributed by atoms with E-state index in [2.05, 4.69) is 25.8 Å². The van der Waals surface area contributed by atoms with Crippen LogP contribution in [0.2, 0.25) is 0 Å². The van der Waals surface area contributed by atoms with Crippen molar-refractivity contribution >= 4 is 32.7 Å². The van der Waals surface area contributed by atoms with Crippen LogP contribution >= 0.6 is 15.9 Å². The Morgan fingerprint density at radius 2 is 1.89 bits per heavy atom. The van der Waals surface area contributed by atoms with Crippen molar-refractivity contribution in [2.75, 3.05) is 19.0 Å². The highest BCUT2D eigenvalue weighted by atomic mass is 79.9. The van der Waals surface area contributed by atoms with Crippen LogP contribution in [0.25, 0.3) is 22.6 Å². The topological polar surface area (TPSA) is 29.3 Å². The Hall–Kier alpha value is -1.81. The zero-order chi connectivity index (χ0) is 13.4. The fourth-order valence-corrected chi connectivity index (χ4v) is 2.73. The van der Waals surface area contributed by atoms with Crippen LogP contribution in [0.4, 0.5) is 5.69 Å². The van der Waals surface area contributed by atoms with Gasteiger partial charge < -0.3 is 9.32 Å². The zero-order valence-electron chi connectivity index (χ0n) is 10.7. The first-order valence-electron chi connectivity index (χ1n) is 5.98. The summed E-state index contributed by atoms with van der Waals surface area (Å²) in [5.41, 5.74) is 3.78. The molecule has 0 saturated carbocycles. The normalized spacial score (nSPS) is 10.9. The highest BCUT2D eigenvalue weighted by Gasteiger charge is 2.10. The average Bonchev–Trinajstić information content (AvgIpc) is 2.81. The number of halogens is 1. The summed E-state index contributed by atoms with van der Waals surface area (Å²) in [5, 5.41) is 0. The SMILES string of the molecule is CN(C)c1ccc(-c2nc3ccccc3o2)cc1Br. The average molecular weight is 317 g/mol. The maximum atomic E-state index is 5.76. The molecule has 0 radical (unpaired) electrons. The van der Waals surface area contributed by atoms with Crippen molar-refractivity contribution in [2.45, 2.75) is 0 Å². The largest absolute Gasteiger partial charge is 0.436 e. The summed E-state index contributed by atoms with van der Waals surface area (Å²) in [4.78, 5) is 6.55. The van der Waals surface area contributed by atoms with E-state index in [0.717, 1.165) is 26.8 Å². The molecule has 0 aliphatic carbocycles. The Labute approximate surface area is 120 Å². The molecule has 3 nitrogen and oxygen atoms in total. The monoisotopic (exact) mass is 316 g/mol. The second kappa shape index (κ2) is 4.70. The summed E-state index contributed by atoms with van der Waals surface area (Å²) < 4.78 is 6.79. The number of para-hydroxylation sites is 2. The van der Waals surface area contributed by atoms with E-state index in [-0.39, 0.29) is 0 Å². The van der Waals surface area contributed by atoms with Crippen molar-refractivity contribution in [3.05, 3.63) is 46.9 Å². The number of hydrogen-bond acceptors (Lipinski definition) is 3. The molecule has 4 heteroatoms. The van der Waals surface area contributed by atoms with Crippen molar-refractivity contribution in [1.29, 1.82) is 0 Å². The summed E-state index contributed by atoms with van der Waals surface area (Å²) in [7, 11) is 4.03. The second-order valence-corrected chi connectivity index (χ2v) is 5.40. The van der Waals surface area contributed by atoms with E-state index in [1.165, 1.54) is 0 Å². The van der Waals surface area contributed by atoms with Gasteiger partial charge in [0.25, 0.3) is 0 Å². The number of hydrogen-bond donors (Lipinski definition) is 0. The number of rotatable bonds is 2. The molecule has 3 rings (SSSR count). The van der Waals surface area contributed by atoms with Gasteiger partial charge in [-0.05, 0) is 46.3 Å². The molecule has 0 bridgehead atoms.